The van der Waals surface area contributed by atoms with E-state index in [-0.39, 0.29) is 25.2 Å². The monoisotopic (exact) mass is 677 g/mol. The first-order chi connectivity index (χ1) is 23.6. The molecule has 0 saturated carbocycles. The minimum Gasteiger partial charge on any atom is -0.462 e. The lowest BCUT2D eigenvalue weighted by Gasteiger charge is -2.15. The van der Waals surface area contributed by atoms with Crippen LogP contribution in [-0.2, 0) is 19.1 Å². The smallest absolute Gasteiger partial charge is 0.306 e. The van der Waals surface area contributed by atoms with Gasteiger partial charge in [-0.2, -0.15) is 0 Å². The van der Waals surface area contributed by atoms with E-state index in [0.717, 1.165) is 51.4 Å². The van der Waals surface area contributed by atoms with Gasteiger partial charge < -0.3 is 14.6 Å². The largest absolute Gasteiger partial charge is 0.462 e. The van der Waals surface area contributed by atoms with Gasteiger partial charge in [0, 0.05) is 12.8 Å². The first kappa shape index (κ1) is 46.4. The molecule has 0 bridgehead atoms. The molecule has 1 unspecified atom stereocenters. The minimum atomic E-state index is -0.773. The van der Waals surface area contributed by atoms with Crippen molar-refractivity contribution in [2.24, 2.45) is 0 Å². The Morgan fingerprint density at radius 3 is 1.29 bits per heavy atom. The number of carbonyl (C=O) groups excluding carboxylic acids is 2. The Bertz CT molecular complexity index is 731. The Labute approximate surface area is 298 Å². The van der Waals surface area contributed by atoms with Gasteiger partial charge >= 0.3 is 11.9 Å². The maximum atomic E-state index is 12.2. The number of unbranched alkanes of at least 4 members (excludes halogenated alkanes) is 26. The topological polar surface area (TPSA) is 72.8 Å². The van der Waals surface area contributed by atoms with E-state index in [0.29, 0.717) is 12.8 Å². The Morgan fingerprint density at radius 2 is 0.854 bits per heavy atom. The van der Waals surface area contributed by atoms with E-state index in [2.05, 4.69) is 38.2 Å². The first-order valence-electron chi connectivity index (χ1n) is 20.9. The van der Waals surface area contributed by atoms with Crippen LogP contribution in [0, 0.1) is 0 Å². The fourth-order valence-electron chi connectivity index (χ4n) is 6.04. The number of rotatable bonds is 38. The summed E-state index contributed by atoms with van der Waals surface area (Å²) < 4.78 is 10.6. The molecular weight excluding hydrogens is 596 g/mol. The summed E-state index contributed by atoms with van der Waals surface area (Å²) in [6, 6.07) is 0. The predicted octanol–water partition coefficient (Wildman–Crippen LogP) is 13.1. The maximum Gasteiger partial charge on any atom is 0.306 e. The Balaban J connectivity index is 3.50. The zero-order valence-electron chi connectivity index (χ0n) is 32.0. The Kier molecular flexibility index (Phi) is 38.5. The predicted molar refractivity (Wildman–Crippen MR) is 205 cm³/mol. The number of carbonyl (C=O) groups is 2. The molecule has 0 amide bonds. The minimum absolute atomic E-state index is 0.0671. The molecule has 0 radical (unpaired) electrons. The van der Waals surface area contributed by atoms with Crippen LogP contribution in [0.5, 0.6) is 0 Å². The van der Waals surface area contributed by atoms with Crippen LogP contribution >= 0.6 is 0 Å². The molecule has 0 aliphatic rings. The van der Waals surface area contributed by atoms with Gasteiger partial charge in [0.15, 0.2) is 6.10 Å². The molecule has 0 aromatic carbocycles. The van der Waals surface area contributed by atoms with Crippen molar-refractivity contribution >= 4 is 11.9 Å². The highest BCUT2D eigenvalue weighted by molar-refractivity contribution is 5.70. The molecule has 0 heterocycles. The molecule has 1 atom stereocenters. The summed E-state index contributed by atoms with van der Waals surface area (Å²) in [6.07, 6.45) is 46.7. The molecule has 0 aliphatic heterocycles. The van der Waals surface area contributed by atoms with Crippen molar-refractivity contribution in [3.63, 3.8) is 0 Å². The highest BCUT2D eigenvalue weighted by Gasteiger charge is 2.16. The van der Waals surface area contributed by atoms with Gasteiger partial charge in [0.05, 0.1) is 6.61 Å². The summed E-state index contributed by atoms with van der Waals surface area (Å²) in [5.41, 5.74) is 0. The quantitative estimate of drug-likeness (QED) is 0.0400. The molecule has 282 valence electrons. The second kappa shape index (κ2) is 39.8. The van der Waals surface area contributed by atoms with Crippen molar-refractivity contribution in [1.82, 2.24) is 0 Å². The van der Waals surface area contributed by atoms with E-state index >= 15 is 0 Å². The van der Waals surface area contributed by atoms with Crippen LogP contribution in [0.1, 0.15) is 219 Å². The van der Waals surface area contributed by atoms with E-state index < -0.39 is 6.10 Å². The molecule has 0 aromatic heterocycles. The standard InChI is InChI=1S/C43H80O5/c1-3-5-7-9-11-13-15-17-19-20-21-22-23-24-26-27-29-31-33-35-37-42(45)47-40-41(39-44)48-43(46)38-36-34-32-30-28-25-18-16-14-12-10-8-6-4-2/h10,12,16,18,41,44H,3-9,11,13-15,17,19-40H2,1-2H3/b12-10-,18-16-. The van der Waals surface area contributed by atoms with E-state index in [1.165, 1.54) is 141 Å². The average Bonchev–Trinajstić information content (AvgIpc) is 3.09. The number of ether oxygens (including phenoxy) is 2. The van der Waals surface area contributed by atoms with Gasteiger partial charge in [-0.3, -0.25) is 9.59 Å². The fraction of sp³-hybridized carbons (Fsp3) is 0.860. The molecule has 0 fully saturated rings. The molecule has 1 N–H and O–H groups in total. The van der Waals surface area contributed by atoms with Gasteiger partial charge in [-0.15, -0.1) is 0 Å². The van der Waals surface area contributed by atoms with Crippen LogP contribution in [0.15, 0.2) is 24.3 Å². The molecule has 0 aromatic rings. The highest BCUT2D eigenvalue weighted by Crippen LogP contribution is 2.15. The van der Waals surface area contributed by atoms with Crippen molar-refractivity contribution in [3.05, 3.63) is 24.3 Å². The van der Waals surface area contributed by atoms with Crippen LogP contribution in [0.25, 0.3) is 0 Å². The molecule has 5 heteroatoms. The van der Waals surface area contributed by atoms with E-state index in [9.17, 15) is 14.7 Å². The van der Waals surface area contributed by atoms with Gasteiger partial charge in [0.1, 0.15) is 6.61 Å². The summed E-state index contributed by atoms with van der Waals surface area (Å²) >= 11 is 0. The summed E-state index contributed by atoms with van der Waals surface area (Å²) in [7, 11) is 0. The number of esters is 2. The SMILES string of the molecule is CCCC/C=C\C/C=C\CCCCCCCC(=O)OC(CO)COC(=O)CCCCCCCCCCCCCCCCCCCCCC. The van der Waals surface area contributed by atoms with Crippen molar-refractivity contribution in [2.75, 3.05) is 13.2 Å². The second-order valence-corrected chi connectivity index (χ2v) is 14.1. The number of aliphatic hydroxyl groups is 1. The van der Waals surface area contributed by atoms with Crippen LogP contribution < -0.4 is 0 Å². The van der Waals surface area contributed by atoms with Crippen molar-refractivity contribution in [3.8, 4) is 0 Å². The Morgan fingerprint density at radius 1 is 0.479 bits per heavy atom. The van der Waals surface area contributed by atoms with Gasteiger partial charge in [-0.25, -0.2) is 0 Å². The van der Waals surface area contributed by atoms with E-state index in [1.807, 2.05) is 0 Å². The van der Waals surface area contributed by atoms with Crippen LogP contribution in [-0.4, -0.2) is 36.4 Å². The van der Waals surface area contributed by atoms with Gasteiger partial charge in [-0.05, 0) is 38.5 Å². The molecule has 0 saturated heterocycles. The van der Waals surface area contributed by atoms with Crippen molar-refractivity contribution in [1.29, 1.82) is 0 Å². The molecular formula is C43H80O5. The van der Waals surface area contributed by atoms with Crippen LogP contribution in [0.2, 0.25) is 0 Å². The molecule has 0 aliphatic carbocycles. The zero-order chi connectivity index (χ0) is 35.0. The average molecular weight is 677 g/mol. The number of hydrogen-bond donors (Lipinski definition) is 1. The maximum absolute atomic E-state index is 12.2. The number of hydrogen-bond acceptors (Lipinski definition) is 5. The molecule has 0 spiro atoms. The third-order valence-corrected chi connectivity index (χ3v) is 9.25. The number of allylic oxidation sites excluding steroid dienone is 4. The lowest BCUT2D eigenvalue weighted by Crippen LogP contribution is -2.28. The molecule has 5 nitrogen and oxygen atoms in total. The lowest BCUT2D eigenvalue weighted by molar-refractivity contribution is -0.161. The molecule has 0 rings (SSSR count). The fourth-order valence-corrected chi connectivity index (χ4v) is 6.04. The third kappa shape index (κ3) is 37.2. The van der Waals surface area contributed by atoms with Crippen molar-refractivity contribution < 1.29 is 24.2 Å². The summed E-state index contributed by atoms with van der Waals surface area (Å²) in [5, 5.41) is 9.56. The molecule has 48 heavy (non-hydrogen) atoms. The van der Waals surface area contributed by atoms with Crippen molar-refractivity contribution in [2.45, 2.75) is 225 Å². The van der Waals surface area contributed by atoms with Gasteiger partial charge in [-0.1, -0.05) is 192 Å². The summed E-state index contributed by atoms with van der Waals surface area (Å²) in [6.45, 7) is 4.10. The lowest BCUT2D eigenvalue weighted by atomic mass is 10.0. The van der Waals surface area contributed by atoms with Crippen LogP contribution in [0.3, 0.4) is 0 Å². The zero-order valence-corrected chi connectivity index (χ0v) is 32.0. The summed E-state index contributed by atoms with van der Waals surface area (Å²) in [4.78, 5) is 24.3. The van der Waals surface area contributed by atoms with Crippen LogP contribution in [0.4, 0.5) is 0 Å². The normalized spacial score (nSPS) is 12.3. The highest BCUT2D eigenvalue weighted by atomic mass is 16.6. The van der Waals surface area contributed by atoms with Gasteiger partial charge in [0.25, 0.3) is 0 Å². The summed E-state index contributed by atoms with van der Waals surface area (Å²) in [5.74, 6) is -0.598. The number of aliphatic hydroxyl groups excluding tert-OH is 1. The first-order valence-corrected chi connectivity index (χ1v) is 20.9. The Hall–Kier alpha value is -1.62. The van der Waals surface area contributed by atoms with Gasteiger partial charge in [0.2, 0.25) is 0 Å². The van der Waals surface area contributed by atoms with E-state index in [1.54, 1.807) is 0 Å². The third-order valence-electron chi connectivity index (χ3n) is 9.25. The van der Waals surface area contributed by atoms with E-state index in [4.69, 9.17) is 9.47 Å². The second-order valence-electron chi connectivity index (χ2n) is 14.1.